The lowest BCUT2D eigenvalue weighted by Gasteiger charge is -2.10. The van der Waals surface area contributed by atoms with Crippen molar-refractivity contribution in [1.82, 2.24) is 9.78 Å². The highest BCUT2D eigenvalue weighted by Gasteiger charge is 2.21. The third kappa shape index (κ3) is 4.89. The van der Waals surface area contributed by atoms with Gasteiger partial charge in [0.15, 0.2) is 6.61 Å². The quantitative estimate of drug-likeness (QED) is 0.563. The first-order valence-corrected chi connectivity index (χ1v) is 10.1. The molecule has 7 heteroatoms. The molecule has 3 rings (SSSR count). The second-order valence-corrected chi connectivity index (χ2v) is 7.34. The standard InChI is InChI=1S/C23H24ClN3O3/c1-4-17-9-6-8-12-20(17)25-21(28)14-30-23(29)22-15(2)26-27(16(22)3)13-18-10-5-7-11-19(18)24/h5-12H,4,13-14H2,1-3H3,(H,25,28). The van der Waals surface area contributed by atoms with Gasteiger partial charge >= 0.3 is 5.97 Å². The summed E-state index contributed by atoms with van der Waals surface area (Å²) in [6.45, 7) is 5.62. The summed E-state index contributed by atoms with van der Waals surface area (Å²) in [7, 11) is 0. The highest BCUT2D eigenvalue weighted by molar-refractivity contribution is 6.31. The van der Waals surface area contributed by atoms with Gasteiger partial charge in [0.1, 0.15) is 5.56 Å². The zero-order valence-electron chi connectivity index (χ0n) is 17.2. The van der Waals surface area contributed by atoms with Crippen LogP contribution in [0, 0.1) is 13.8 Å². The fourth-order valence-electron chi connectivity index (χ4n) is 3.27. The number of esters is 1. The highest BCUT2D eigenvalue weighted by Crippen LogP contribution is 2.20. The number of benzene rings is 2. The van der Waals surface area contributed by atoms with Gasteiger partial charge in [-0.05, 0) is 43.5 Å². The van der Waals surface area contributed by atoms with E-state index in [1.165, 1.54) is 0 Å². The maximum atomic E-state index is 12.6. The lowest BCUT2D eigenvalue weighted by molar-refractivity contribution is -0.119. The predicted molar refractivity (Wildman–Crippen MR) is 117 cm³/mol. The van der Waals surface area contributed by atoms with E-state index in [4.69, 9.17) is 16.3 Å². The molecular weight excluding hydrogens is 402 g/mol. The van der Waals surface area contributed by atoms with Gasteiger partial charge in [-0.3, -0.25) is 9.48 Å². The summed E-state index contributed by atoms with van der Waals surface area (Å²) in [4.78, 5) is 24.9. The predicted octanol–water partition coefficient (Wildman–Crippen LogP) is 4.56. The van der Waals surface area contributed by atoms with Crippen LogP contribution in [0.15, 0.2) is 48.5 Å². The summed E-state index contributed by atoms with van der Waals surface area (Å²) < 4.78 is 6.97. The van der Waals surface area contributed by atoms with Gasteiger partial charge in [0.05, 0.1) is 17.9 Å². The molecular formula is C23H24ClN3O3. The molecule has 0 saturated carbocycles. The number of ether oxygens (including phenoxy) is 1. The maximum absolute atomic E-state index is 12.6. The molecule has 2 aromatic carbocycles. The second-order valence-electron chi connectivity index (χ2n) is 6.93. The van der Waals surface area contributed by atoms with Crippen molar-refractivity contribution in [2.24, 2.45) is 0 Å². The zero-order chi connectivity index (χ0) is 21.7. The molecule has 30 heavy (non-hydrogen) atoms. The molecule has 0 saturated heterocycles. The number of hydrogen-bond donors (Lipinski definition) is 1. The normalized spacial score (nSPS) is 10.7. The van der Waals surface area contributed by atoms with Crippen LogP contribution >= 0.6 is 11.6 Å². The third-order valence-corrected chi connectivity index (χ3v) is 5.24. The molecule has 0 aliphatic carbocycles. The Bertz CT molecular complexity index is 1080. The van der Waals surface area contributed by atoms with Crippen molar-refractivity contribution in [2.75, 3.05) is 11.9 Å². The Balaban J connectivity index is 1.66. The number of aromatic nitrogens is 2. The number of para-hydroxylation sites is 1. The van der Waals surface area contributed by atoms with Crippen LogP contribution < -0.4 is 5.32 Å². The van der Waals surface area contributed by atoms with E-state index in [1.54, 1.807) is 18.5 Å². The van der Waals surface area contributed by atoms with Gasteiger partial charge in [-0.15, -0.1) is 0 Å². The molecule has 6 nitrogen and oxygen atoms in total. The number of amides is 1. The fraction of sp³-hybridized carbons (Fsp3) is 0.261. The summed E-state index contributed by atoms with van der Waals surface area (Å²) in [5.41, 5.74) is 4.21. The summed E-state index contributed by atoms with van der Waals surface area (Å²) in [5.74, 6) is -0.961. The van der Waals surface area contributed by atoms with Crippen LogP contribution in [0.2, 0.25) is 5.02 Å². The Labute approximate surface area is 180 Å². The van der Waals surface area contributed by atoms with E-state index in [2.05, 4.69) is 10.4 Å². The van der Waals surface area contributed by atoms with Gasteiger partial charge in [-0.25, -0.2) is 4.79 Å². The molecule has 0 aliphatic rings. The Morgan fingerprint density at radius 1 is 1.07 bits per heavy atom. The lowest BCUT2D eigenvalue weighted by atomic mass is 10.1. The van der Waals surface area contributed by atoms with Gasteiger partial charge in [0, 0.05) is 10.7 Å². The smallest absolute Gasteiger partial charge is 0.342 e. The number of carbonyl (C=O) groups excluding carboxylic acids is 2. The van der Waals surface area contributed by atoms with Crippen molar-refractivity contribution >= 4 is 29.2 Å². The van der Waals surface area contributed by atoms with Crippen molar-refractivity contribution in [3.8, 4) is 0 Å². The second kappa shape index (κ2) is 9.59. The van der Waals surface area contributed by atoms with E-state index in [1.807, 2.05) is 55.5 Å². The molecule has 0 bridgehead atoms. The molecule has 1 N–H and O–H groups in total. The number of aryl methyl sites for hydroxylation is 2. The van der Waals surface area contributed by atoms with E-state index >= 15 is 0 Å². The largest absolute Gasteiger partial charge is 0.452 e. The summed E-state index contributed by atoms with van der Waals surface area (Å²) in [6, 6.07) is 15.0. The number of hydrogen-bond acceptors (Lipinski definition) is 4. The number of carbonyl (C=O) groups is 2. The minimum atomic E-state index is -0.575. The molecule has 0 aliphatic heterocycles. The van der Waals surface area contributed by atoms with Crippen LogP contribution in [-0.2, 0) is 22.5 Å². The van der Waals surface area contributed by atoms with Crippen LogP contribution in [0.5, 0.6) is 0 Å². The van der Waals surface area contributed by atoms with Crippen LogP contribution in [0.4, 0.5) is 5.69 Å². The Morgan fingerprint density at radius 2 is 1.73 bits per heavy atom. The van der Waals surface area contributed by atoms with E-state index < -0.39 is 5.97 Å². The molecule has 156 valence electrons. The number of halogens is 1. The molecule has 0 unspecified atom stereocenters. The van der Waals surface area contributed by atoms with Crippen LogP contribution in [0.1, 0.15) is 39.8 Å². The Morgan fingerprint density at radius 3 is 2.43 bits per heavy atom. The average molecular weight is 426 g/mol. The molecule has 1 amide bonds. The highest BCUT2D eigenvalue weighted by atomic mass is 35.5. The molecule has 0 atom stereocenters. The molecule has 0 spiro atoms. The zero-order valence-corrected chi connectivity index (χ0v) is 18.0. The topological polar surface area (TPSA) is 73.2 Å². The fourth-order valence-corrected chi connectivity index (χ4v) is 3.47. The van der Waals surface area contributed by atoms with Crippen LogP contribution in [0.25, 0.3) is 0 Å². The molecule has 0 radical (unpaired) electrons. The average Bonchev–Trinajstić information content (AvgIpc) is 3.01. The van der Waals surface area contributed by atoms with Gasteiger partial charge in [0.2, 0.25) is 0 Å². The molecule has 1 aromatic heterocycles. The monoisotopic (exact) mass is 425 g/mol. The minimum absolute atomic E-state index is 0.365. The number of nitrogens with one attached hydrogen (secondary N) is 1. The van der Waals surface area contributed by atoms with Crippen molar-refractivity contribution in [2.45, 2.75) is 33.7 Å². The number of nitrogens with zero attached hydrogens (tertiary/aromatic N) is 2. The van der Waals surface area contributed by atoms with Gasteiger partial charge in [0.25, 0.3) is 5.91 Å². The molecule has 1 heterocycles. The van der Waals surface area contributed by atoms with E-state index in [-0.39, 0.29) is 12.5 Å². The molecule has 3 aromatic rings. The van der Waals surface area contributed by atoms with Crippen molar-refractivity contribution in [1.29, 1.82) is 0 Å². The summed E-state index contributed by atoms with van der Waals surface area (Å²) >= 11 is 6.23. The SMILES string of the molecule is CCc1ccccc1NC(=O)COC(=O)c1c(C)nn(Cc2ccccc2Cl)c1C. The van der Waals surface area contributed by atoms with Gasteiger partial charge in [-0.1, -0.05) is 54.9 Å². The van der Waals surface area contributed by atoms with E-state index in [9.17, 15) is 9.59 Å². The van der Waals surface area contributed by atoms with Gasteiger partial charge in [-0.2, -0.15) is 5.10 Å². The van der Waals surface area contributed by atoms with Crippen LogP contribution in [0.3, 0.4) is 0 Å². The third-order valence-electron chi connectivity index (χ3n) is 4.87. The first-order chi connectivity index (χ1) is 14.4. The summed E-state index contributed by atoms with van der Waals surface area (Å²) in [5, 5.41) is 7.87. The van der Waals surface area contributed by atoms with E-state index in [0.29, 0.717) is 28.5 Å². The summed E-state index contributed by atoms with van der Waals surface area (Å²) in [6.07, 6.45) is 0.791. The van der Waals surface area contributed by atoms with Crippen LogP contribution in [-0.4, -0.2) is 28.3 Å². The van der Waals surface area contributed by atoms with Gasteiger partial charge < -0.3 is 10.1 Å². The number of rotatable bonds is 7. The minimum Gasteiger partial charge on any atom is -0.452 e. The Kier molecular flexibility index (Phi) is 6.90. The lowest BCUT2D eigenvalue weighted by Crippen LogP contribution is -2.22. The van der Waals surface area contributed by atoms with Crippen molar-refractivity contribution < 1.29 is 14.3 Å². The maximum Gasteiger partial charge on any atom is 0.342 e. The first kappa shape index (κ1) is 21.6. The van der Waals surface area contributed by atoms with Crippen molar-refractivity contribution in [3.05, 3.63) is 81.6 Å². The first-order valence-electron chi connectivity index (χ1n) is 9.73. The number of anilines is 1. The van der Waals surface area contributed by atoms with Crippen molar-refractivity contribution in [3.63, 3.8) is 0 Å². The van der Waals surface area contributed by atoms with E-state index in [0.717, 1.165) is 23.2 Å². The Hall–Kier alpha value is -3.12. The molecule has 0 fully saturated rings.